The van der Waals surface area contributed by atoms with Crippen molar-refractivity contribution >= 4 is 26.4 Å². The maximum absolute atomic E-state index is 12.3. The van der Waals surface area contributed by atoms with Gasteiger partial charge in [-0.2, -0.15) is 0 Å². The quantitative estimate of drug-likeness (QED) is 0.172. The normalized spacial score (nSPS) is 45.1. The number of carbonyl (C=O) groups excluding carboxylic acids is 1. The third-order valence-electron chi connectivity index (χ3n) is 10.3. The molecule has 0 spiro atoms. The van der Waals surface area contributed by atoms with Crippen molar-refractivity contribution in [2.45, 2.75) is 97.4 Å². The van der Waals surface area contributed by atoms with Crippen molar-refractivity contribution in [3.63, 3.8) is 0 Å². The first-order valence-corrected chi connectivity index (χ1v) is 16.3. The molecule has 0 aromatic carbocycles. The van der Waals surface area contributed by atoms with Gasteiger partial charge in [-0.1, -0.05) is 20.8 Å². The molecule has 39 heavy (non-hydrogen) atoms. The van der Waals surface area contributed by atoms with Crippen LogP contribution < -0.4 is 64.4 Å². The van der Waals surface area contributed by atoms with Crippen LogP contribution in [0.4, 0.5) is 0 Å². The van der Waals surface area contributed by atoms with Gasteiger partial charge in [-0.3, -0.25) is 8.98 Å². The molecule has 9 atom stereocenters. The fourth-order valence-electron chi connectivity index (χ4n) is 8.52. The molecule has 0 saturated heterocycles. The second kappa shape index (κ2) is 13.9. The van der Waals surface area contributed by atoms with E-state index < -0.39 is 56.4 Å². The van der Waals surface area contributed by atoms with Crippen LogP contribution >= 0.6 is 0 Å². The number of hydrogen-bond acceptors (Lipinski definition) is 8. The molecule has 9 nitrogen and oxygen atoms in total. The third kappa shape index (κ3) is 8.46. The number of nitrogens with one attached hydrogen (secondary N) is 1. The van der Waals surface area contributed by atoms with Crippen molar-refractivity contribution < 1.29 is 101 Å². The molecular weight excluding hydrogens is 564 g/mol. The summed E-state index contributed by atoms with van der Waals surface area (Å²) in [6.07, 6.45) is -3.60. The molecule has 4 rings (SSSR count). The Morgan fingerprint density at radius 2 is 1.72 bits per heavy atom. The molecule has 4 aliphatic carbocycles. The van der Waals surface area contributed by atoms with Crippen LogP contribution in [0.15, 0.2) is 0 Å². The van der Waals surface area contributed by atoms with Crippen molar-refractivity contribution in [1.29, 1.82) is 0 Å². The van der Waals surface area contributed by atoms with E-state index in [0.29, 0.717) is 31.1 Å². The molecule has 4 fully saturated rings. The molecular formula is C26H43NNa2O8S2. The van der Waals surface area contributed by atoms with Gasteiger partial charge in [-0.05, 0) is 110 Å². The molecule has 0 unspecified atom stereocenters. The van der Waals surface area contributed by atoms with Gasteiger partial charge in [0.2, 0.25) is 16.3 Å². The zero-order valence-corrected chi connectivity index (χ0v) is 29.5. The van der Waals surface area contributed by atoms with Gasteiger partial charge < -0.3 is 14.4 Å². The van der Waals surface area contributed by atoms with E-state index in [1.165, 1.54) is 0 Å². The fourth-order valence-corrected chi connectivity index (χ4v) is 9.19. The van der Waals surface area contributed by atoms with E-state index in [-0.39, 0.29) is 108 Å². The second-order valence-electron chi connectivity index (χ2n) is 12.2. The smallest absolute Gasteiger partial charge is 0.748 e. The summed E-state index contributed by atoms with van der Waals surface area (Å²) in [7, 11) is -9.93. The van der Waals surface area contributed by atoms with Crippen molar-refractivity contribution in [3.8, 4) is 0 Å². The van der Waals surface area contributed by atoms with Crippen LogP contribution in [-0.2, 0) is 29.5 Å². The molecule has 1 amide bonds. The van der Waals surface area contributed by atoms with E-state index in [9.17, 15) is 30.7 Å². The van der Waals surface area contributed by atoms with E-state index in [1.54, 1.807) is 0 Å². The number of hydrogen-bond donors (Lipinski definition) is 1. The number of carbonyl (C=O) groups is 1. The zero-order valence-electron chi connectivity index (χ0n) is 28.8. The molecule has 4 saturated carbocycles. The van der Waals surface area contributed by atoms with E-state index in [0.717, 1.165) is 25.7 Å². The van der Waals surface area contributed by atoms with Crippen LogP contribution in [0.5, 0.6) is 0 Å². The molecule has 13 heteroatoms. The van der Waals surface area contributed by atoms with E-state index in [4.69, 9.17) is 6.85 Å². The van der Waals surface area contributed by atoms with E-state index in [2.05, 4.69) is 23.3 Å². The summed E-state index contributed by atoms with van der Waals surface area (Å²) >= 11 is 0. The molecule has 0 aromatic rings. The Labute approximate surface area is 286 Å². The average molecular weight is 613 g/mol. The van der Waals surface area contributed by atoms with Crippen molar-refractivity contribution in [3.05, 3.63) is 0 Å². The first-order chi connectivity index (χ1) is 19.0. The Morgan fingerprint density at radius 1 is 1.05 bits per heavy atom. The predicted octanol–water partition coefficient (Wildman–Crippen LogP) is -2.42. The van der Waals surface area contributed by atoms with Crippen molar-refractivity contribution in [1.82, 2.24) is 5.32 Å². The molecule has 0 radical (unpaired) electrons. The van der Waals surface area contributed by atoms with Gasteiger partial charge in [-0.25, -0.2) is 16.8 Å². The minimum atomic E-state index is -5.54. The summed E-state index contributed by atoms with van der Waals surface area (Å²) in [6.45, 7) is 6.07. The van der Waals surface area contributed by atoms with Crippen LogP contribution in [0.1, 0.15) is 98.2 Å². The summed E-state index contributed by atoms with van der Waals surface area (Å²) in [5.74, 6) is -0.760. The SMILES string of the molecule is [2H]C1([2H])C[C@@]2(C)[C@H](CC[C@@H]3[C@@H]2CC[C@]2(C)[C@@H]([C@H](C)CCC(=O)NCCS(=O)(=O)[O-])CC[C@@H]32)C([2H])([2H])[C@]1([2H])OS(=O)(=O)[O-].[Na+].[Na+]. The van der Waals surface area contributed by atoms with Crippen LogP contribution in [-0.4, -0.2) is 50.2 Å². The number of rotatable bonds is 9. The monoisotopic (exact) mass is 612 g/mol. The maximum atomic E-state index is 12.3. The van der Waals surface area contributed by atoms with Gasteiger partial charge in [-0.15, -0.1) is 0 Å². The Kier molecular flexibility index (Phi) is 10.3. The predicted molar refractivity (Wildman–Crippen MR) is 136 cm³/mol. The number of amides is 1. The third-order valence-corrected chi connectivity index (χ3v) is 11.3. The Balaban J connectivity index is 0.00000337. The van der Waals surface area contributed by atoms with E-state index in [1.807, 2.05) is 6.92 Å². The molecule has 0 aliphatic heterocycles. The fraction of sp³-hybridized carbons (Fsp3) is 0.962. The first kappa shape index (κ1) is 29.0. The second-order valence-corrected chi connectivity index (χ2v) is 14.7. The average Bonchev–Trinajstić information content (AvgIpc) is 3.16. The molecule has 0 bridgehead atoms. The van der Waals surface area contributed by atoms with Gasteiger partial charge in [0.1, 0.15) is 0 Å². The van der Waals surface area contributed by atoms with Gasteiger partial charge in [0.15, 0.2) is 0 Å². The summed E-state index contributed by atoms with van der Waals surface area (Å²) in [5.41, 5.74) is -0.889. The molecule has 0 aromatic heterocycles. The molecule has 4 aliphatic rings. The van der Waals surface area contributed by atoms with Crippen LogP contribution in [0, 0.1) is 46.3 Å². The van der Waals surface area contributed by atoms with Gasteiger partial charge in [0, 0.05) is 18.4 Å². The van der Waals surface area contributed by atoms with Crippen LogP contribution in [0.2, 0.25) is 0 Å². The molecule has 214 valence electrons. The summed E-state index contributed by atoms with van der Waals surface area (Å²) in [4.78, 5) is 12.3. The minimum absolute atomic E-state index is 0. The van der Waals surface area contributed by atoms with Crippen molar-refractivity contribution in [2.24, 2.45) is 46.3 Å². The van der Waals surface area contributed by atoms with Gasteiger partial charge >= 0.3 is 59.1 Å². The Morgan fingerprint density at radius 3 is 2.36 bits per heavy atom. The van der Waals surface area contributed by atoms with Crippen LogP contribution in [0.25, 0.3) is 0 Å². The Hall–Kier alpha value is 1.25. The first-order valence-electron chi connectivity index (χ1n) is 15.9. The van der Waals surface area contributed by atoms with E-state index >= 15 is 0 Å². The summed E-state index contributed by atoms with van der Waals surface area (Å²) in [6, 6.07) is 0. The molecule has 0 heterocycles. The topological polar surface area (TPSA) is 153 Å². The van der Waals surface area contributed by atoms with Gasteiger partial charge in [0.05, 0.1) is 23.3 Å². The standard InChI is InChI=1S/C26H45NO8S2.2Na/c1-17(4-9-24(28)27-14-15-36(29,30)31)21-7-8-22-20-6-5-18-16-19(35-37(32,33)34)10-12-25(18,2)23(20)11-13-26(21,22)3;;/h17-23H,4-16H2,1-3H3,(H,27,28)(H,29,30,31)(H,32,33,34);;/q;2*+1/p-2/t17-,18-,19-,20+,21-,22+,23+,25+,26-;;/m1../s1/i10D2,16D2,19D;;. The largest absolute Gasteiger partial charge is 1.00 e. The zero-order chi connectivity index (χ0) is 31.7. The van der Waals surface area contributed by atoms with Gasteiger partial charge in [0.25, 0.3) is 0 Å². The summed E-state index contributed by atoms with van der Waals surface area (Å²) in [5, 5.41) is 2.50. The maximum Gasteiger partial charge on any atom is 1.00 e. The molecule has 1 N–H and O–H groups in total. The van der Waals surface area contributed by atoms with Crippen molar-refractivity contribution in [2.75, 3.05) is 12.3 Å². The van der Waals surface area contributed by atoms with Crippen LogP contribution in [0.3, 0.4) is 0 Å². The summed E-state index contributed by atoms with van der Waals surface area (Å²) < 4.78 is 115. The Bertz CT molecular complexity index is 1290. The number of fused-ring (bicyclic) bond motifs is 5. The minimum Gasteiger partial charge on any atom is -0.748 e.